The maximum absolute atomic E-state index is 11.2. The number of hydrogen-bond acceptors (Lipinski definition) is 4. The first-order chi connectivity index (χ1) is 7.31. The Labute approximate surface area is 96.5 Å². The van der Waals surface area contributed by atoms with Gasteiger partial charge in [-0.25, -0.2) is 0 Å². The minimum absolute atomic E-state index is 0.0293. The van der Waals surface area contributed by atoms with Crippen molar-refractivity contribution in [1.29, 1.82) is 0 Å². The van der Waals surface area contributed by atoms with E-state index in [9.17, 15) is 4.79 Å². The molecule has 6 heteroatoms. The van der Waals surface area contributed by atoms with Crippen molar-refractivity contribution in [1.82, 2.24) is 10.2 Å². The molecule has 0 unspecified atom stereocenters. The van der Waals surface area contributed by atoms with Crippen LogP contribution in [0.1, 0.15) is 20.3 Å². The van der Waals surface area contributed by atoms with Crippen LogP contribution in [0.4, 0.5) is 0 Å². The Hall–Kier alpha value is -1.30. The highest BCUT2D eigenvalue weighted by Gasteiger charge is 2.22. The molecule has 0 bridgehead atoms. The summed E-state index contributed by atoms with van der Waals surface area (Å²) in [6.45, 7) is 4.72. The number of rotatable bonds is 6. The molecular weight excluding hydrogens is 208 g/mol. The molecule has 0 aromatic carbocycles. The van der Waals surface area contributed by atoms with Crippen molar-refractivity contribution >= 4 is 11.7 Å². The third-order valence-corrected chi connectivity index (χ3v) is 2.50. The maximum Gasteiger partial charge on any atom is 0.236 e. The molecule has 0 spiro atoms. The molecule has 0 aliphatic carbocycles. The van der Waals surface area contributed by atoms with Gasteiger partial charge in [-0.2, -0.15) is 0 Å². The van der Waals surface area contributed by atoms with Gasteiger partial charge in [0.15, 0.2) is 0 Å². The third kappa shape index (κ3) is 4.97. The van der Waals surface area contributed by atoms with Crippen LogP contribution in [0.15, 0.2) is 5.16 Å². The highest BCUT2D eigenvalue weighted by molar-refractivity contribution is 5.85. The van der Waals surface area contributed by atoms with Gasteiger partial charge in [-0.15, -0.1) is 0 Å². The molecular formula is C10H22N4O2. The Morgan fingerprint density at radius 3 is 2.50 bits per heavy atom. The van der Waals surface area contributed by atoms with Gasteiger partial charge in [0, 0.05) is 19.5 Å². The van der Waals surface area contributed by atoms with E-state index < -0.39 is 0 Å². The fourth-order valence-electron chi connectivity index (χ4n) is 1.02. The molecule has 0 saturated heterocycles. The molecule has 0 aliphatic rings. The summed E-state index contributed by atoms with van der Waals surface area (Å²) in [6, 6.07) is 0. The smallest absolute Gasteiger partial charge is 0.236 e. The lowest BCUT2D eigenvalue weighted by Crippen LogP contribution is -2.37. The van der Waals surface area contributed by atoms with Crippen molar-refractivity contribution in [3.8, 4) is 0 Å². The number of hydrogen-bond donors (Lipinski definition) is 3. The highest BCUT2D eigenvalue weighted by Crippen LogP contribution is 2.19. The quantitative estimate of drug-likeness (QED) is 0.194. The number of nitrogens with one attached hydrogen (secondary N) is 1. The van der Waals surface area contributed by atoms with Crippen LogP contribution < -0.4 is 11.1 Å². The average molecular weight is 230 g/mol. The van der Waals surface area contributed by atoms with E-state index in [1.54, 1.807) is 14.1 Å². The number of amidine groups is 1. The Bertz CT molecular complexity index is 262. The summed E-state index contributed by atoms with van der Waals surface area (Å²) in [4.78, 5) is 12.8. The zero-order valence-electron chi connectivity index (χ0n) is 10.4. The molecule has 6 nitrogen and oxygen atoms in total. The first-order valence-electron chi connectivity index (χ1n) is 5.20. The normalized spacial score (nSPS) is 12.6. The molecule has 0 rings (SSSR count). The van der Waals surface area contributed by atoms with Gasteiger partial charge in [-0.1, -0.05) is 19.0 Å². The van der Waals surface area contributed by atoms with Gasteiger partial charge in [-0.05, 0) is 13.0 Å². The van der Waals surface area contributed by atoms with Gasteiger partial charge in [0.2, 0.25) is 5.91 Å². The fourth-order valence-corrected chi connectivity index (χ4v) is 1.02. The van der Waals surface area contributed by atoms with Crippen LogP contribution in [-0.2, 0) is 4.79 Å². The monoisotopic (exact) mass is 230 g/mol. The van der Waals surface area contributed by atoms with E-state index in [4.69, 9.17) is 10.9 Å². The Morgan fingerprint density at radius 1 is 1.50 bits per heavy atom. The van der Waals surface area contributed by atoms with Crippen molar-refractivity contribution in [3.63, 3.8) is 0 Å². The number of carbonyl (C=O) groups is 1. The standard InChI is InChI=1S/C10H22N4O2/c1-10(2,9(11)13-16)5-6-12-7-8(15)14(3)4/h12,16H,5-7H2,1-4H3,(H2,11,13). The first-order valence-corrected chi connectivity index (χ1v) is 5.20. The number of oxime groups is 1. The minimum atomic E-state index is -0.372. The van der Waals surface area contributed by atoms with E-state index in [2.05, 4.69) is 10.5 Å². The Kier molecular flexibility index (Phi) is 5.81. The van der Waals surface area contributed by atoms with E-state index in [0.717, 1.165) is 0 Å². The summed E-state index contributed by atoms with van der Waals surface area (Å²) in [5.74, 6) is 0.231. The van der Waals surface area contributed by atoms with Crippen molar-refractivity contribution in [2.24, 2.45) is 16.3 Å². The van der Waals surface area contributed by atoms with Crippen LogP contribution in [-0.4, -0.2) is 49.0 Å². The second-order valence-electron chi connectivity index (χ2n) is 4.58. The van der Waals surface area contributed by atoms with E-state index in [0.29, 0.717) is 19.5 Å². The van der Waals surface area contributed by atoms with Crippen LogP contribution in [0.5, 0.6) is 0 Å². The van der Waals surface area contributed by atoms with Gasteiger partial charge < -0.3 is 21.2 Å². The van der Waals surface area contributed by atoms with Crippen LogP contribution in [0.3, 0.4) is 0 Å². The largest absolute Gasteiger partial charge is 0.409 e. The third-order valence-electron chi connectivity index (χ3n) is 2.50. The molecule has 94 valence electrons. The van der Waals surface area contributed by atoms with Crippen LogP contribution in [0, 0.1) is 5.41 Å². The van der Waals surface area contributed by atoms with E-state index >= 15 is 0 Å². The molecule has 0 fully saturated rings. The molecule has 0 heterocycles. The van der Waals surface area contributed by atoms with Crippen LogP contribution >= 0.6 is 0 Å². The predicted octanol–water partition coefficient (Wildman–Crippen LogP) is -0.173. The number of nitrogens with two attached hydrogens (primary N) is 1. The fraction of sp³-hybridized carbons (Fsp3) is 0.800. The molecule has 0 aromatic heterocycles. The lowest BCUT2D eigenvalue weighted by molar-refractivity contribution is -0.127. The summed E-state index contributed by atoms with van der Waals surface area (Å²) >= 11 is 0. The van der Waals surface area contributed by atoms with Crippen LogP contribution in [0.2, 0.25) is 0 Å². The lowest BCUT2D eigenvalue weighted by Gasteiger charge is -2.22. The van der Waals surface area contributed by atoms with Gasteiger partial charge >= 0.3 is 0 Å². The second-order valence-corrected chi connectivity index (χ2v) is 4.58. The van der Waals surface area contributed by atoms with Gasteiger partial charge in [0.1, 0.15) is 5.84 Å². The van der Waals surface area contributed by atoms with Crippen molar-refractivity contribution < 1.29 is 10.0 Å². The molecule has 16 heavy (non-hydrogen) atoms. The Balaban J connectivity index is 3.87. The number of amides is 1. The van der Waals surface area contributed by atoms with Gasteiger partial charge in [-0.3, -0.25) is 4.79 Å². The van der Waals surface area contributed by atoms with Gasteiger partial charge in [0.25, 0.3) is 0 Å². The van der Waals surface area contributed by atoms with E-state index in [1.165, 1.54) is 4.90 Å². The predicted molar refractivity (Wildman–Crippen MR) is 63.4 cm³/mol. The lowest BCUT2D eigenvalue weighted by atomic mass is 9.88. The van der Waals surface area contributed by atoms with Crippen molar-refractivity contribution in [2.75, 3.05) is 27.2 Å². The molecule has 4 N–H and O–H groups in total. The molecule has 0 aliphatic heterocycles. The van der Waals surface area contributed by atoms with Crippen molar-refractivity contribution in [3.05, 3.63) is 0 Å². The van der Waals surface area contributed by atoms with Gasteiger partial charge in [0.05, 0.1) is 6.54 Å². The number of carbonyl (C=O) groups excluding carboxylic acids is 1. The zero-order chi connectivity index (χ0) is 12.8. The summed E-state index contributed by atoms with van der Waals surface area (Å²) < 4.78 is 0. The van der Waals surface area contributed by atoms with E-state index in [1.807, 2.05) is 13.8 Å². The molecule has 0 saturated carbocycles. The Morgan fingerprint density at radius 2 is 2.06 bits per heavy atom. The van der Waals surface area contributed by atoms with Crippen LogP contribution in [0.25, 0.3) is 0 Å². The number of likely N-dealkylation sites (N-methyl/N-ethyl adjacent to an activating group) is 1. The average Bonchev–Trinajstić information content (AvgIpc) is 2.22. The van der Waals surface area contributed by atoms with E-state index in [-0.39, 0.29) is 17.2 Å². The zero-order valence-corrected chi connectivity index (χ0v) is 10.4. The minimum Gasteiger partial charge on any atom is -0.409 e. The molecule has 0 atom stereocenters. The molecule has 1 amide bonds. The number of nitrogens with zero attached hydrogens (tertiary/aromatic N) is 2. The summed E-state index contributed by atoms with van der Waals surface area (Å²) in [5, 5.41) is 14.6. The van der Waals surface area contributed by atoms with Crippen molar-refractivity contribution in [2.45, 2.75) is 20.3 Å². The summed E-state index contributed by atoms with van der Waals surface area (Å²) in [7, 11) is 3.43. The highest BCUT2D eigenvalue weighted by atomic mass is 16.4. The SMILES string of the molecule is CN(C)C(=O)CNCCC(C)(C)C(N)=NO. The summed E-state index contributed by atoms with van der Waals surface area (Å²) in [6.07, 6.45) is 0.698. The second kappa shape index (κ2) is 6.32. The maximum atomic E-state index is 11.2. The topological polar surface area (TPSA) is 91.0 Å². The summed E-state index contributed by atoms with van der Waals surface area (Å²) in [5.41, 5.74) is 5.17. The molecule has 0 aromatic rings. The molecule has 0 radical (unpaired) electrons. The first kappa shape index (κ1) is 14.7.